The molecule has 1 unspecified atom stereocenters. The molecule has 3 aromatic rings. The number of benzene rings is 3. The lowest BCUT2D eigenvalue weighted by atomic mass is 10.0. The standard InChI is InChI=1S/C33H44F3NO/c1-3-5-6-7-8-9-10-11-12-17-24-38-32-23-22-27(29-19-14-15-20-30(29)32)25-37(4-2)26-28-18-13-16-21-31(28)33(34,35)36/h13-16,18-23H,3-12,17,24-26H2,1-2H3/p+1. The fraction of sp³-hybridized carbons (Fsp3) is 0.515. The van der Waals surface area contributed by atoms with Crippen LogP contribution in [0, 0.1) is 0 Å². The van der Waals surface area contributed by atoms with Gasteiger partial charge < -0.3 is 9.64 Å². The van der Waals surface area contributed by atoms with Gasteiger partial charge in [0.15, 0.2) is 0 Å². The third-order valence-corrected chi connectivity index (χ3v) is 7.43. The molecule has 0 amide bonds. The number of rotatable bonds is 17. The minimum atomic E-state index is -4.34. The lowest BCUT2D eigenvalue weighted by Crippen LogP contribution is -3.09. The van der Waals surface area contributed by atoms with Crippen molar-refractivity contribution in [3.8, 4) is 5.75 Å². The fourth-order valence-electron chi connectivity index (χ4n) is 5.19. The summed E-state index contributed by atoms with van der Waals surface area (Å²) in [6.45, 7) is 6.71. The zero-order valence-electron chi connectivity index (χ0n) is 23.2. The minimum absolute atomic E-state index is 0.331. The normalized spacial score (nSPS) is 12.7. The largest absolute Gasteiger partial charge is 0.493 e. The lowest BCUT2D eigenvalue weighted by molar-refractivity contribution is -0.925. The number of quaternary nitrogens is 1. The second-order valence-electron chi connectivity index (χ2n) is 10.4. The molecule has 5 heteroatoms. The van der Waals surface area contributed by atoms with Crippen molar-refractivity contribution in [3.05, 3.63) is 77.4 Å². The Bertz CT molecular complexity index is 1100. The molecule has 0 heterocycles. The third-order valence-electron chi connectivity index (χ3n) is 7.43. The van der Waals surface area contributed by atoms with Gasteiger partial charge in [-0.15, -0.1) is 0 Å². The summed E-state index contributed by atoms with van der Waals surface area (Å²) in [7, 11) is 0. The highest BCUT2D eigenvalue weighted by Gasteiger charge is 2.33. The maximum atomic E-state index is 13.5. The van der Waals surface area contributed by atoms with Crippen molar-refractivity contribution in [3.63, 3.8) is 0 Å². The first-order valence-corrected chi connectivity index (χ1v) is 14.6. The summed E-state index contributed by atoms with van der Waals surface area (Å²) in [6, 6.07) is 18.2. The number of alkyl halides is 3. The van der Waals surface area contributed by atoms with Crippen LogP contribution in [0.15, 0.2) is 60.7 Å². The molecule has 0 radical (unpaired) electrons. The highest BCUT2D eigenvalue weighted by molar-refractivity contribution is 5.91. The van der Waals surface area contributed by atoms with E-state index in [4.69, 9.17) is 4.74 Å². The number of nitrogens with one attached hydrogen (secondary N) is 1. The Morgan fingerprint density at radius 1 is 0.632 bits per heavy atom. The van der Waals surface area contributed by atoms with E-state index in [0.29, 0.717) is 25.3 Å². The van der Waals surface area contributed by atoms with Gasteiger partial charge in [-0.25, -0.2) is 0 Å². The molecular formula is C33H45F3NO+. The van der Waals surface area contributed by atoms with Gasteiger partial charge in [-0.3, -0.25) is 0 Å². The summed E-state index contributed by atoms with van der Waals surface area (Å²) in [5, 5.41) is 2.19. The van der Waals surface area contributed by atoms with Crippen molar-refractivity contribution < 1.29 is 22.8 Å². The molecule has 3 rings (SSSR count). The number of unbranched alkanes of at least 4 members (excludes halogenated alkanes) is 9. The van der Waals surface area contributed by atoms with Crippen LogP contribution in [0.3, 0.4) is 0 Å². The molecule has 0 bridgehead atoms. The van der Waals surface area contributed by atoms with Crippen LogP contribution in [0.5, 0.6) is 5.75 Å². The highest BCUT2D eigenvalue weighted by atomic mass is 19.4. The molecule has 0 aromatic heterocycles. The Labute approximate surface area is 227 Å². The SMILES string of the molecule is CCCCCCCCCCCCOc1ccc(C[NH+](CC)Cc2ccccc2C(F)(F)F)c2ccccc12. The Morgan fingerprint density at radius 3 is 1.87 bits per heavy atom. The first kappa shape index (κ1) is 30.0. The molecule has 208 valence electrons. The van der Waals surface area contributed by atoms with Crippen LogP contribution in [0.4, 0.5) is 13.2 Å². The van der Waals surface area contributed by atoms with E-state index in [2.05, 4.69) is 25.1 Å². The summed E-state index contributed by atoms with van der Waals surface area (Å²) in [4.78, 5) is 1.09. The quantitative estimate of drug-likeness (QED) is 0.173. The molecule has 0 aliphatic carbocycles. The number of halogens is 3. The average Bonchev–Trinajstić information content (AvgIpc) is 2.92. The molecule has 2 nitrogen and oxygen atoms in total. The van der Waals surface area contributed by atoms with Crippen LogP contribution in [0.25, 0.3) is 10.8 Å². The molecule has 3 aromatic carbocycles. The highest BCUT2D eigenvalue weighted by Crippen LogP contribution is 2.32. The predicted molar refractivity (Wildman–Crippen MR) is 152 cm³/mol. The summed E-state index contributed by atoms with van der Waals surface area (Å²) < 4.78 is 46.7. The molecular weight excluding hydrogens is 483 g/mol. The van der Waals surface area contributed by atoms with E-state index in [-0.39, 0.29) is 0 Å². The van der Waals surface area contributed by atoms with Gasteiger partial charge in [0.1, 0.15) is 18.8 Å². The van der Waals surface area contributed by atoms with Gasteiger partial charge in [-0.1, -0.05) is 107 Å². The van der Waals surface area contributed by atoms with Crippen molar-refractivity contribution in [2.75, 3.05) is 13.2 Å². The van der Waals surface area contributed by atoms with Crippen LogP contribution in [-0.2, 0) is 19.3 Å². The first-order chi connectivity index (χ1) is 18.4. The fourth-order valence-corrected chi connectivity index (χ4v) is 5.19. The molecule has 0 fully saturated rings. The van der Waals surface area contributed by atoms with Crippen molar-refractivity contribution in [2.45, 2.75) is 97.3 Å². The minimum Gasteiger partial charge on any atom is -0.493 e. The Hall–Kier alpha value is -2.53. The summed E-state index contributed by atoms with van der Waals surface area (Å²) >= 11 is 0. The Balaban J connectivity index is 1.55. The van der Waals surface area contributed by atoms with Crippen LogP contribution in [-0.4, -0.2) is 13.2 Å². The van der Waals surface area contributed by atoms with Gasteiger partial charge in [0.05, 0.1) is 18.7 Å². The van der Waals surface area contributed by atoms with Gasteiger partial charge >= 0.3 is 6.18 Å². The van der Waals surface area contributed by atoms with Crippen LogP contribution in [0.1, 0.15) is 94.7 Å². The topological polar surface area (TPSA) is 13.7 Å². The molecule has 38 heavy (non-hydrogen) atoms. The maximum absolute atomic E-state index is 13.5. The molecule has 0 saturated heterocycles. The lowest BCUT2D eigenvalue weighted by Gasteiger charge is -2.21. The third kappa shape index (κ3) is 9.34. The molecule has 1 N–H and O–H groups in total. The zero-order chi connectivity index (χ0) is 27.2. The number of ether oxygens (including phenoxy) is 1. The zero-order valence-corrected chi connectivity index (χ0v) is 23.2. The number of hydrogen-bond donors (Lipinski definition) is 1. The molecule has 0 aliphatic rings. The monoisotopic (exact) mass is 528 g/mol. The second-order valence-corrected chi connectivity index (χ2v) is 10.4. The first-order valence-electron chi connectivity index (χ1n) is 14.6. The Kier molecular flexibility index (Phi) is 12.5. The average molecular weight is 529 g/mol. The van der Waals surface area contributed by atoms with Crippen molar-refractivity contribution >= 4 is 10.8 Å². The predicted octanol–water partition coefficient (Wildman–Crippen LogP) is 8.76. The van der Waals surface area contributed by atoms with Gasteiger partial charge in [0, 0.05) is 16.5 Å². The van der Waals surface area contributed by atoms with E-state index in [1.54, 1.807) is 12.1 Å². The Morgan fingerprint density at radius 2 is 1.21 bits per heavy atom. The van der Waals surface area contributed by atoms with Gasteiger partial charge in [0.25, 0.3) is 0 Å². The van der Waals surface area contributed by atoms with Gasteiger partial charge in [-0.05, 0) is 36.9 Å². The van der Waals surface area contributed by atoms with Gasteiger partial charge in [0.2, 0.25) is 0 Å². The van der Waals surface area contributed by atoms with E-state index in [1.807, 2.05) is 25.1 Å². The smallest absolute Gasteiger partial charge is 0.416 e. The maximum Gasteiger partial charge on any atom is 0.416 e. The summed E-state index contributed by atoms with van der Waals surface area (Å²) in [5.74, 6) is 0.890. The summed E-state index contributed by atoms with van der Waals surface area (Å²) in [5.41, 5.74) is 0.942. The number of hydrogen-bond acceptors (Lipinski definition) is 1. The van der Waals surface area contributed by atoms with Crippen LogP contribution in [0.2, 0.25) is 0 Å². The molecule has 1 atom stereocenters. The van der Waals surface area contributed by atoms with E-state index >= 15 is 0 Å². The molecule has 0 spiro atoms. The molecule has 0 aliphatic heterocycles. The number of fused-ring (bicyclic) bond motifs is 1. The molecule has 0 saturated carbocycles. The van der Waals surface area contributed by atoms with E-state index in [9.17, 15) is 13.2 Å². The van der Waals surface area contributed by atoms with E-state index in [0.717, 1.165) is 40.0 Å². The van der Waals surface area contributed by atoms with E-state index in [1.165, 1.54) is 69.9 Å². The van der Waals surface area contributed by atoms with Gasteiger partial charge in [-0.2, -0.15) is 13.2 Å². The van der Waals surface area contributed by atoms with Crippen molar-refractivity contribution in [2.24, 2.45) is 0 Å². The van der Waals surface area contributed by atoms with Crippen molar-refractivity contribution in [1.29, 1.82) is 0 Å². The second kappa shape index (κ2) is 15.8. The van der Waals surface area contributed by atoms with Crippen LogP contribution < -0.4 is 9.64 Å². The van der Waals surface area contributed by atoms with Crippen molar-refractivity contribution in [1.82, 2.24) is 0 Å². The van der Waals surface area contributed by atoms with Crippen LogP contribution >= 0.6 is 0 Å². The van der Waals surface area contributed by atoms with E-state index < -0.39 is 11.7 Å². The summed E-state index contributed by atoms with van der Waals surface area (Å²) in [6.07, 6.45) is 8.61.